The number of benzene rings is 2. The standard InChI is InChI=1S/C22H18ClF5N4O3/c1-34-15-6-3-10(7-16(15)35-2)14-9-17(22(26,27)28)32-20(29-14)18(23)19(31-32)21(33)30-13-5-4-11(24)8-12(13)25/h3-8,14,17,29H,9H2,1-2H3,(H,30,33)/t14-,17-/m0/s1. The Morgan fingerprint density at radius 2 is 1.86 bits per heavy atom. The van der Waals surface area contributed by atoms with Crippen molar-refractivity contribution in [3.05, 3.63) is 64.3 Å². The number of fused-ring (bicyclic) bond motifs is 1. The number of amides is 1. The number of aromatic nitrogens is 2. The van der Waals surface area contributed by atoms with Crippen LogP contribution in [0.3, 0.4) is 0 Å². The van der Waals surface area contributed by atoms with Gasteiger partial charge in [0.25, 0.3) is 5.91 Å². The summed E-state index contributed by atoms with van der Waals surface area (Å²) in [6, 6.07) is 4.12. The van der Waals surface area contributed by atoms with Gasteiger partial charge in [-0.25, -0.2) is 13.5 Å². The molecule has 4 rings (SSSR count). The predicted molar refractivity (Wildman–Crippen MR) is 117 cm³/mol. The Kier molecular flexibility index (Phi) is 6.50. The highest BCUT2D eigenvalue weighted by Crippen LogP contribution is 2.47. The second kappa shape index (κ2) is 9.25. The first-order valence-electron chi connectivity index (χ1n) is 10.1. The number of hydrogen-bond donors (Lipinski definition) is 2. The lowest BCUT2D eigenvalue weighted by Crippen LogP contribution is -2.35. The molecule has 0 unspecified atom stereocenters. The lowest BCUT2D eigenvalue weighted by molar-refractivity contribution is -0.173. The van der Waals surface area contributed by atoms with E-state index in [0.29, 0.717) is 27.8 Å². The minimum Gasteiger partial charge on any atom is -0.493 e. The zero-order valence-electron chi connectivity index (χ0n) is 18.2. The Bertz CT molecular complexity index is 1280. The van der Waals surface area contributed by atoms with E-state index >= 15 is 0 Å². The van der Waals surface area contributed by atoms with Gasteiger partial charge in [-0.05, 0) is 29.8 Å². The third-order valence-corrected chi connectivity index (χ3v) is 5.86. The highest BCUT2D eigenvalue weighted by atomic mass is 35.5. The third kappa shape index (κ3) is 4.70. The summed E-state index contributed by atoms with van der Waals surface area (Å²) in [7, 11) is 2.83. The number of methoxy groups -OCH3 is 2. The molecule has 0 radical (unpaired) electrons. The van der Waals surface area contributed by atoms with Crippen LogP contribution >= 0.6 is 11.6 Å². The van der Waals surface area contributed by atoms with E-state index in [4.69, 9.17) is 21.1 Å². The molecule has 2 heterocycles. The number of nitrogens with one attached hydrogen (secondary N) is 2. The summed E-state index contributed by atoms with van der Waals surface area (Å²) in [4.78, 5) is 12.7. The van der Waals surface area contributed by atoms with Gasteiger partial charge in [0.05, 0.1) is 25.9 Å². The highest BCUT2D eigenvalue weighted by molar-refractivity contribution is 6.36. The summed E-state index contributed by atoms with van der Waals surface area (Å²) in [6.45, 7) is 0. The number of carbonyl (C=O) groups excluding carboxylic acids is 1. The average molecular weight is 517 g/mol. The molecule has 35 heavy (non-hydrogen) atoms. The number of ether oxygens (including phenoxy) is 2. The fourth-order valence-electron chi connectivity index (χ4n) is 3.80. The molecule has 2 N–H and O–H groups in total. The van der Waals surface area contributed by atoms with Crippen LogP contribution in [0, 0.1) is 11.6 Å². The molecule has 0 spiro atoms. The molecular formula is C22H18ClF5N4O3. The minimum atomic E-state index is -4.72. The number of hydrogen-bond acceptors (Lipinski definition) is 5. The second-order valence-corrected chi connectivity index (χ2v) is 8.02. The van der Waals surface area contributed by atoms with Gasteiger partial charge >= 0.3 is 6.18 Å². The monoisotopic (exact) mass is 516 g/mol. The van der Waals surface area contributed by atoms with Crippen LogP contribution < -0.4 is 20.1 Å². The average Bonchev–Trinajstić information content (AvgIpc) is 3.15. The molecule has 7 nitrogen and oxygen atoms in total. The van der Waals surface area contributed by atoms with Crippen molar-refractivity contribution in [2.45, 2.75) is 24.7 Å². The highest BCUT2D eigenvalue weighted by Gasteiger charge is 2.48. The molecule has 0 fully saturated rings. The summed E-state index contributed by atoms with van der Waals surface area (Å²) < 4.78 is 80.0. The van der Waals surface area contributed by atoms with Crippen LogP contribution in [-0.4, -0.2) is 36.1 Å². The molecule has 0 bridgehead atoms. The van der Waals surface area contributed by atoms with E-state index in [1.54, 1.807) is 12.1 Å². The number of alkyl halides is 3. The van der Waals surface area contributed by atoms with Crippen molar-refractivity contribution in [1.82, 2.24) is 9.78 Å². The van der Waals surface area contributed by atoms with Gasteiger partial charge in [-0.3, -0.25) is 4.79 Å². The van der Waals surface area contributed by atoms with Crippen LogP contribution in [0.25, 0.3) is 0 Å². The normalized spacial score (nSPS) is 17.4. The number of carbonyl (C=O) groups is 1. The van der Waals surface area contributed by atoms with Crippen LogP contribution in [0.2, 0.25) is 5.02 Å². The lowest BCUT2D eigenvalue weighted by atomic mass is 9.96. The topological polar surface area (TPSA) is 77.4 Å². The fraction of sp³-hybridized carbons (Fsp3) is 0.273. The quantitative estimate of drug-likeness (QED) is 0.423. The van der Waals surface area contributed by atoms with Gasteiger partial charge in [-0.15, -0.1) is 0 Å². The molecule has 1 aliphatic rings. The summed E-state index contributed by atoms with van der Waals surface area (Å²) >= 11 is 6.27. The van der Waals surface area contributed by atoms with Crippen LogP contribution in [-0.2, 0) is 0 Å². The van der Waals surface area contributed by atoms with E-state index in [-0.39, 0.29) is 16.5 Å². The fourth-order valence-corrected chi connectivity index (χ4v) is 4.06. The van der Waals surface area contributed by atoms with Crippen molar-refractivity contribution in [2.75, 3.05) is 24.9 Å². The van der Waals surface area contributed by atoms with E-state index in [1.165, 1.54) is 20.3 Å². The molecule has 13 heteroatoms. The Hall–Kier alpha value is -3.54. The number of halogens is 6. The molecule has 0 aliphatic carbocycles. The number of rotatable bonds is 5. The second-order valence-electron chi connectivity index (χ2n) is 7.64. The van der Waals surface area contributed by atoms with E-state index in [9.17, 15) is 26.7 Å². The number of nitrogens with zero attached hydrogens (tertiary/aromatic N) is 2. The Morgan fingerprint density at radius 1 is 1.14 bits per heavy atom. The molecule has 3 aromatic rings. The Morgan fingerprint density at radius 3 is 2.49 bits per heavy atom. The minimum absolute atomic E-state index is 0.232. The first-order valence-corrected chi connectivity index (χ1v) is 10.5. The summed E-state index contributed by atoms with van der Waals surface area (Å²) in [5.74, 6) is -2.51. The van der Waals surface area contributed by atoms with Gasteiger partial charge in [0.1, 0.15) is 22.5 Å². The van der Waals surface area contributed by atoms with Gasteiger partial charge < -0.3 is 20.1 Å². The Labute approximate surface area is 200 Å². The van der Waals surface area contributed by atoms with Crippen molar-refractivity contribution < 1.29 is 36.2 Å². The van der Waals surface area contributed by atoms with Gasteiger partial charge in [-0.2, -0.15) is 18.3 Å². The molecule has 1 amide bonds. The molecule has 1 aliphatic heterocycles. The maximum Gasteiger partial charge on any atom is 0.410 e. The molecule has 0 saturated carbocycles. The summed E-state index contributed by atoms with van der Waals surface area (Å²) in [5.41, 5.74) is -0.484. The van der Waals surface area contributed by atoms with E-state index in [2.05, 4.69) is 15.7 Å². The van der Waals surface area contributed by atoms with Crippen LogP contribution in [0.5, 0.6) is 11.5 Å². The molecular weight excluding hydrogens is 499 g/mol. The van der Waals surface area contributed by atoms with Crippen molar-refractivity contribution >= 4 is 29.0 Å². The van der Waals surface area contributed by atoms with Gasteiger partial charge in [0.15, 0.2) is 23.2 Å². The first kappa shape index (κ1) is 24.6. The van der Waals surface area contributed by atoms with Gasteiger partial charge in [0.2, 0.25) is 0 Å². The van der Waals surface area contributed by atoms with Gasteiger partial charge in [0, 0.05) is 12.5 Å². The van der Waals surface area contributed by atoms with E-state index in [0.717, 1.165) is 12.1 Å². The molecule has 186 valence electrons. The van der Waals surface area contributed by atoms with Crippen molar-refractivity contribution in [1.29, 1.82) is 0 Å². The zero-order valence-corrected chi connectivity index (χ0v) is 19.0. The molecule has 2 aromatic carbocycles. The van der Waals surface area contributed by atoms with Crippen LogP contribution in [0.1, 0.15) is 34.6 Å². The maximum atomic E-state index is 14.0. The maximum absolute atomic E-state index is 14.0. The molecule has 0 saturated heterocycles. The van der Waals surface area contributed by atoms with Crippen molar-refractivity contribution in [3.63, 3.8) is 0 Å². The summed E-state index contributed by atoms with van der Waals surface area (Å²) in [5, 5.41) is 8.44. The van der Waals surface area contributed by atoms with Gasteiger partial charge in [-0.1, -0.05) is 17.7 Å². The van der Waals surface area contributed by atoms with Crippen LogP contribution in [0.15, 0.2) is 36.4 Å². The molecule has 1 aromatic heterocycles. The van der Waals surface area contributed by atoms with E-state index < -0.39 is 47.9 Å². The summed E-state index contributed by atoms with van der Waals surface area (Å²) in [6.07, 6.45) is -5.19. The number of anilines is 2. The first-order chi connectivity index (χ1) is 16.5. The third-order valence-electron chi connectivity index (χ3n) is 5.50. The van der Waals surface area contributed by atoms with Crippen molar-refractivity contribution in [3.8, 4) is 11.5 Å². The molecule has 2 atom stereocenters. The lowest BCUT2D eigenvalue weighted by Gasteiger charge is -2.33. The van der Waals surface area contributed by atoms with Crippen molar-refractivity contribution in [2.24, 2.45) is 0 Å². The SMILES string of the molecule is COc1ccc([C@@H]2C[C@@H](C(F)(F)F)n3nc(C(=O)Nc4ccc(F)cc4F)c(Cl)c3N2)cc1OC. The van der Waals surface area contributed by atoms with E-state index in [1.807, 2.05) is 0 Å². The largest absolute Gasteiger partial charge is 0.493 e. The zero-order chi connectivity index (χ0) is 25.5. The van der Waals surface area contributed by atoms with Crippen LogP contribution in [0.4, 0.5) is 33.5 Å². The predicted octanol–water partition coefficient (Wildman–Crippen LogP) is 5.74. The Balaban J connectivity index is 1.71. The smallest absolute Gasteiger partial charge is 0.410 e.